The third-order valence-electron chi connectivity index (χ3n) is 3.92. The van der Waals surface area contributed by atoms with Crippen molar-refractivity contribution in [3.63, 3.8) is 0 Å². The van der Waals surface area contributed by atoms with Crippen LogP contribution in [-0.4, -0.2) is 11.5 Å². The molecule has 2 aromatic carbocycles. The van der Waals surface area contributed by atoms with Crippen LogP contribution in [0.15, 0.2) is 47.5 Å². The molecule has 2 aromatic rings. The van der Waals surface area contributed by atoms with E-state index in [0.717, 1.165) is 24.2 Å². The fourth-order valence-corrected chi connectivity index (χ4v) is 2.71. The number of nitrogens with zero attached hydrogens (tertiary/aromatic N) is 1. The predicted octanol–water partition coefficient (Wildman–Crippen LogP) is 5.33. The van der Waals surface area contributed by atoms with E-state index in [1.165, 1.54) is 10.8 Å². The molecule has 1 atom stereocenters. The Morgan fingerprint density at radius 2 is 1.71 bits per heavy atom. The number of hydrogen-bond donors (Lipinski definition) is 0. The zero-order chi connectivity index (χ0) is 15.2. The van der Waals surface area contributed by atoms with Crippen LogP contribution in [0.2, 0.25) is 0 Å². The minimum Gasteiger partial charge on any atom is -0.299 e. The van der Waals surface area contributed by atoms with Gasteiger partial charge in [0.15, 0.2) is 0 Å². The highest BCUT2D eigenvalue weighted by atomic mass is 16.1. The summed E-state index contributed by atoms with van der Waals surface area (Å²) in [6.45, 7) is 6.06. The maximum atomic E-state index is 12.1. The Hall–Kier alpha value is -1.96. The van der Waals surface area contributed by atoms with Crippen molar-refractivity contribution in [3.8, 4) is 0 Å². The number of ketones is 1. The number of fused-ring (bicyclic) bond motifs is 1. The van der Waals surface area contributed by atoms with E-state index in [2.05, 4.69) is 38.1 Å². The van der Waals surface area contributed by atoms with Gasteiger partial charge in [0.2, 0.25) is 0 Å². The first-order valence-corrected chi connectivity index (χ1v) is 7.78. The molecule has 2 heteroatoms. The highest BCUT2D eigenvalue weighted by molar-refractivity contribution is 6.06. The molecule has 0 bridgehead atoms. The lowest BCUT2D eigenvalue weighted by molar-refractivity contribution is -0.120. The van der Waals surface area contributed by atoms with E-state index < -0.39 is 0 Å². The van der Waals surface area contributed by atoms with Crippen LogP contribution in [0.4, 0.5) is 5.69 Å². The summed E-state index contributed by atoms with van der Waals surface area (Å²) in [5.41, 5.74) is 1.94. The fourth-order valence-electron chi connectivity index (χ4n) is 2.71. The number of Topliss-reactive ketones (excluding diaryl/α,β-unsaturated/α-hetero) is 1. The molecule has 0 saturated carbocycles. The van der Waals surface area contributed by atoms with Crippen molar-refractivity contribution in [2.45, 2.75) is 40.0 Å². The molecule has 0 aliphatic carbocycles. The molecule has 0 radical (unpaired) electrons. The second-order valence-electron chi connectivity index (χ2n) is 5.27. The molecule has 1 unspecified atom stereocenters. The Labute approximate surface area is 126 Å². The van der Waals surface area contributed by atoms with Crippen LogP contribution in [0.1, 0.15) is 40.0 Å². The Balaban J connectivity index is 2.38. The Kier molecular flexibility index (Phi) is 5.26. The van der Waals surface area contributed by atoms with Crippen LogP contribution in [0.25, 0.3) is 10.8 Å². The number of benzene rings is 2. The van der Waals surface area contributed by atoms with Crippen LogP contribution in [0, 0.1) is 5.92 Å². The molecule has 0 saturated heterocycles. The molecule has 21 heavy (non-hydrogen) atoms. The monoisotopic (exact) mass is 281 g/mol. The quantitative estimate of drug-likeness (QED) is 0.658. The van der Waals surface area contributed by atoms with E-state index >= 15 is 0 Å². The maximum Gasteiger partial charge on any atom is 0.141 e. The second kappa shape index (κ2) is 7.16. The van der Waals surface area contributed by atoms with Crippen LogP contribution >= 0.6 is 0 Å². The largest absolute Gasteiger partial charge is 0.299 e. The van der Waals surface area contributed by atoms with E-state index in [1.54, 1.807) is 0 Å². The minimum absolute atomic E-state index is 0.0357. The zero-order valence-electron chi connectivity index (χ0n) is 13.1. The normalized spacial score (nSPS) is 13.4. The number of rotatable bonds is 6. The number of aliphatic imine (C=N–C) groups is 1. The summed E-state index contributed by atoms with van der Waals surface area (Å²) in [4.78, 5) is 16.8. The van der Waals surface area contributed by atoms with Gasteiger partial charge in [-0.3, -0.25) is 9.79 Å². The van der Waals surface area contributed by atoms with Crippen molar-refractivity contribution in [1.82, 2.24) is 0 Å². The fraction of sp³-hybridized carbons (Fsp3) is 0.368. The molecular formula is C19H23NO. The second-order valence-corrected chi connectivity index (χ2v) is 5.27. The Morgan fingerprint density at radius 3 is 2.33 bits per heavy atom. The van der Waals surface area contributed by atoms with Gasteiger partial charge in [-0.05, 0) is 35.7 Å². The van der Waals surface area contributed by atoms with Crippen molar-refractivity contribution in [2.24, 2.45) is 10.9 Å². The zero-order valence-corrected chi connectivity index (χ0v) is 13.1. The van der Waals surface area contributed by atoms with Gasteiger partial charge in [0.25, 0.3) is 0 Å². The average Bonchev–Trinajstić information content (AvgIpc) is 2.54. The molecule has 110 valence electrons. The standard InChI is InChI=1S/C19H23NO/c1-4-17(19(21)6-3)18(5-2)20-16-12-11-14-9-7-8-10-15(14)13-16/h7-13,17H,4-6H2,1-3H3. The van der Waals surface area contributed by atoms with Gasteiger partial charge >= 0.3 is 0 Å². The van der Waals surface area contributed by atoms with Gasteiger partial charge in [-0.15, -0.1) is 0 Å². The first-order chi connectivity index (χ1) is 10.2. The summed E-state index contributed by atoms with van der Waals surface area (Å²) >= 11 is 0. The molecule has 0 N–H and O–H groups in total. The van der Waals surface area contributed by atoms with Gasteiger partial charge in [-0.25, -0.2) is 0 Å². The van der Waals surface area contributed by atoms with Crippen LogP contribution < -0.4 is 0 Å². The van der Waals surface area contributed by atoms with E-state index in [9.17, 15) is 4.79 Å². The third kappa shape index (κ3) is 3.57. The van der Waals surface area contributed by atoms with Gasteiger partial charge < -0.3 is 0 Å². The molecule has 0 heterocycles. The summed E-state index contributed by atoms with van der Waals surface area (Å²) in [6, 6.07) is 14.5. The van der Waals surface area contributed by atoms with Gasteiger partial charge in [0.1, 0.15) is 5.78 Å². The molecule has 0 fully saturated rings. The topological polar surface area (TPSA) is 29.4 Å². The van der Waals surface area contributed by atoms with E-state index in [4.69, 9.17) is 4.99 Å². The lowest BCUT2D eigenvalue weighted by atomic mass is 9.92. The van der Waals surface area contributed by atoms with E-state index in [0.29, 0.717) is 12.2 Å². The lowest BCUT2D eigenvalue weighted by Gasteiger charge is -2.15. The van der Waals surface area contributed by atoms with Crippen LogP contribution in [0.3, 0.4) is 0 Å². The summed E-state index contributed by atoms with van der Waals surface area (Å²) < 4.78 is 0. The first kappa shape index (κ1) is 15.4. The summed E-state index contributed by atoms with van der Waals surface area (Å²) in [5.74, 6) is 0.255. The molecule has 0 aliphatic rings. The summed E-state index contributed by atoms with van der Waals surface area (Å²) in [7, 11) is 0. The lowest BCUT2D eigenvalue weighted by Crippen LogP contribution is -2.22. The van der Waals surface area contributed by atoms with Gasteiger partial charge in [0, 0.05) is 12.1 Å². The van der Waals surface area contributed by atoms with Gasteiger partial charge in [-0.2, -0.15) is 0 Å². The Bertz CT molecular complexity index is 657. The minimum atomic E-state index is -0.0357. The van der Waals surface area contributed by atoms with Crippen molar-refractivity contribution in [1.29, 1.82) is 0 Å². The SMILES string of the molecule is CCC(=O)C(CC)C(CC)=Nc1ccc2ccccc2c1. The maximum absolute atomic E-state index is 12.1. The highest BCUT2D eigenvalue weighted by Crippen LogP contribution is 2.23. The van der Waals surface area contributed by atoms with E-state index in [1.807, 2.05) is 25.1 Å². The van der Waals surface area contributed by atoms with Crippen LogP contribution in [0.5, 0.6) is 0 Å². The number of carbonyl (C=O) groups is 1. The molecule has 2 rings (SSSR count). The third-order valence-corrected chi connectivity index (χ3v) is 3.92. The average molecular weight is 281 g/mol. The van der Waals surface area contributed by atoms with Crippen molar-refractivity contribution >= 4 is 28.0 Å². The number of carbonyl (C=O) groups excluding carboxylic acids is 1. The van der Waals surface area contributed by atoms with Crippen molar-refractivity contribution in [2.75, 3.05) is 0 Å². The van der Waals surface area contributed by atoms with Crippen LogP contribution in [-0.2, 0) is 4.79 Å². The highest BCUT2D eigenvalue weighted by Gasteiger charge is 2.19. The smallest absolute Gasteiger partial charge is 0.141 e. The molecule has 0 amide bonds. The van der Waals surface area contributed by atoms with Crippen molar-refractivity contribution < 1.29 is 4.79 Å². The van der Waals surface area contributed by atoms with Gasteiger partial charge in [0.05, 0.1) is 11.6 Å². The van der Waals surface area contributed by atoms with E-state index in [-0.39, 0.29) is 5.92 Å². The predicted molar refractivity (Wildman–Crippen MR) is 90.4 cm³/mol. The van der Waals surface area contributed by atoms with Crippen molar-refractivity contribution in [3.05, 3.63) is 42.5 Å². The Morgan fingerprint density at radius 1 is 1.00 bits per heavy atom. The summed E-state index contributed by atoms with van der Waals surface area (Å²) in [5, 5.41) is 2.40. The molecule has 2 nitrogen and oxygen atoms in total. The first-order valence-electron chi connectivity index (χ1n) is 7.78. The molecule has 0 aromatic heterocycles. The summed E-state index contributed by atoms with van der Waals surface area (Å²) in [6.07, 6.45) is 2.22. The molecule has 0 spiro atoms. The number of hydrogen-bond acceptors (Lipinski definition) is 2. The molecule has 0 aliphatic heterocycles. The molecular weight excluding hydrogens is 258 g/mol. The van der Waals surface area contributed by atoms with Gasteiger partial charge in [-0.1, -0.05) is 51.1 Å².